The van der Waals surface area contributed by atoms with Gasteiger partial charge in [0.15, 0.2) is 5.82 Å². The van der Waals surface area contributed by atoms with Crippen LogP contribution in [0, 0.1) is 20.8 Å². The Kier molecular flexibility index (Phi) is 5.79. The van der Waals surface area contributed by atoms with Crippen LogP contribution in [0.1, 0.15) is 17.2 Å². The third-order valence-electron chi connectivity index (χ3n) is 4.76. The Balaban J connectivity index is 1.64. The van der Waals surface area contributed by atoms with E-state index < -0.39 is 0 Å². The number of rotatable bonds is 7. The Morgan fingerprint density at radius 2 is 1.90 bits per heavy atom. The molecule has 0 aromatic carbocycles. The van der Waals surface area contributed by atoms with Crippen LogP contribution in [0.3, 0.4) is 0 Å². The number of aryl methyl sites for hydroxylation is 3. The number of pyridine rings is 2. The molecule has 160 valence electrons. The van der Waals surface area contributed by atoms with Crippen molar-refractivity contribution >= 4 is 17.2 Å². The van der Waals surface area contributed by atoms with Crippen molar-refractivity contribution in [3.05, 3.63) is 59.9 Å². The maximum atomic E-state index is 5.90. The maximum absolute atomic E-state index is 5.90. The van der Waals surface area contributed by atoms with E-state index in [2.05, 4.69) is 31.4 Å². The summed E-state index contributed by atoms with van der Waals surface area (Å²) in [6, 6.07) is 9.67. The average Bonchev–Trinajstić information content (AvgIpc) is 3.13. The minimum Gasteiger partial charge on any atom is -0.490 e. The highest BCUT2D eigenvalue weighted by molar-refractivity contribution is 5.75. The van der Waals surface area contributed by atoms with E-state index >= 15 is 0 Å². The Bertz CT molecular complexity index is 1200. The molecule has 0 radical (unpaired) electrons. The molecule has 0 spiro atoms. The van der Waals surface area contributed by atoms with Crippen molar-refractivity contribution in [1.82, 2.24) is 24.6 Å². The van der Waals surface area contributed by atoms with E-state index in [-0.39, 0.29) is 6.04 Å². The molecule has 0 aliphatic rings. The fraction of sp³-hybridized carbons (Fsp3) is 0.273. The van der Waals surface area contributed by atoms with Gasteiger partial charge in [-0.1, -0.05) is 0 Å². The van der Waals surface area contributed by atoms with Gasteiger partial charge < -0.3 is 21.5 Å². The normalized spacial score (nSPS) is 12.2. The first-order chi connectivity index (χ1) is 14.9. The van der Waals surface area contributed by atoms with Crippen molar-refractivity contribution < 1.29 is 4.74 Å². The van der Waals surface area contributed by atoms with E-state index in [0.29, 0.717) is 36.4 Å². The third kappa shape index (κ3) is 4.79. The van der Waals surface area contributed by atoms with Crippen LogP contribution in [-0.4, -0.2) is 43.8 Å². The predicted molar refractivity (Wildman–Crippen MR) is 120 cm³/mol. The zero-order valence-electron chi connectivity index (χ0n) is 17.8. The second-order valence-electron chi connectivity index (χ2n) is 7.51. The molecule has 9 heteroatoms. The van der Waals surface area contributed by atoms with E-state index in [9.17, 15) is 0 Å². The minimum absolute atomic E-state index is 0.228. The highest BCUT2D eigenvalue weighted by atomic mass is 16.5. The molecule has 1 unspecified atom stereocenters. The Hall–Kier alpha value is -3.56. The lowest BCUT2D eigenvalue weighted by atomic mass is 10.1. The van der Waals surface area contributed by atoms with Gasteiger partial charge in [-0.05, 0) is 44.5 Å². The molecule has 4 aromatic rings. The first-order valence-electron chi connectivity index (χ1n) is 10.1. The topological polar surface area (TPSA) is 129 Å². The second kappa shape index (κ2) is 8.66. The lowest BCUT2D eigenvalue weighted by Crippen LogP contribution is -2.35. The minimum atomic E-state index is -0.228. The first-order valence-corrected chi connectivity index (χ1v) is 10.1. The zero-order chi connectivity index (χ0) is 22.0. The summed E-state index contributed by atoms with van der Waals surface area (Å²) in [5.74, 6) is 2.79. The fourth-order valence-corrected chi connectivity index (χ4v) is 3.29. The Morgan fingerprint density at radius 1 is 1.06 bits per heavy atom. The highest BCUT2D eigenvalue weighted by Crippen LogP contribution is 2.31. The van der Waals surface area contributed by atoms with Crippen molar-refractivity contribution in [1.29, 1.82) is 0 Å². The number of aromatic nitrogens is 5. The molecule has 1 atom stereocenters. The maximum Gasteiger partial charge on any atom is 0.154 e. The molecule has 0 aliphatic carbocycles. The van der Waals surface area contributed by atoms with E-state index in [1.807, 2.05) is 55.7 Å². The van der Waals surface area contributed by atoms with Crippen LogP contribution in [0.4, 0.5) is 11.6 Å². The van der Waals surface area contributed by atoms with Gasteiger partial charge in [-0.15, -0.1) is 0 Å². The van der Waals surface area contributed by atoms with Crippen LogP contribution in [0.25, 0.3) is 16.6 Å². The molecule has 0 bridgehead atoms. The molecular formula is C22H26N8O. The molecule has 0 aliphatic heterocycles. The van der Waals surface area contributed by atoms with Crippen LogP contribution >= 0.6 is 0 Å². The van der Waals surface area contributed by atoms with E-state index in [0.717, 1.165) is 28.0 Å². The van der Waals surface area contributed by atoms with Gasteiger partial charge in [0.25, 0.3) is 0 Å². The molecule has 4 rings (SSSR count). The molecule has 5 N–H and O–H groups in total. The van der Waals surface area contributed by atoms with Gasteiger partial charge in [0.2, 0.25) is 0 Å². The number of nitrogens with zero attached hydrogens (tertiary/aromatic N) is 5. The Morgan fingerprint density at radius 3 is 2.68 bits per heavy atom. The molecule has 31 heavy (non-hydrogen) atoms. The van der Waals surface area contributed by atoms with E-state index in [4.69, 9.17) is 16.2 Å². The lowest BCUT2D eigenvalue weighted by molar-refractivity contribution is 0.291. The van der Waals surface area contributed by atoms with Gasteiger partial charge in [0.05, 0.1) is 17.8 Å². The lowest BCUT2D eigenvalue weighted by Gasteiger charge is -2.15. The van der Waals surface area contributed by atoms with E-state index in [1.165, 1.54) is 0 Å². The summed E-state index contributed by atoms with van der Waals surface area (Å²) >= 11 is 0. The number of nitrogens with two attached hydrogens (primary N) is 2. The van der Waals surface area contributed by atoms with Gasteiger partial charge in [-0.3, -0.25) is 4.98 Å². The van der Waals surface area contributed by atoms with Crippen molar-refractivity contribution in [2.45, 2.75) is 26.8 Å². The highest BCUT2D eigenvalue weighted by Gasteiger charge is 2.12. The summed E-state index contributed by atoms with van der Waals surface area (Å²) in [5, 5.41) is 7.83. The van der Waals surface area contributed by atoms with Crippen LogP contribution < -0.4 is 21.5 Å². The number of fused-ring (bicyclic) bond motifs is 1. The predicted octanol–water partition coefficient (Wildman–Crippen LogP) is 2.52. The summed E-state index contributed by atoms with van der Waals surface area (Å²) in [5.41, 5.74) is 16.2. The second-order valence-corrected chi connectivity index (χ2v) is 7.51. The molecule has 0 saturated carbocycles. The van der Waals surface area contributed by atoms with E-state index in [1.54, 1.807) is 6.20 Å². The summed E-state index contributed by atoms with van der Waals surface area (Å²) < 4.78 is 7.71. The zero-order valence-corrected chi connectivity index (χ0v) is 17.8. The van der Waals surface area contributed by atoms with Gasteiger partial charge in [-0.25, -0.2) is 14.5 Å². The molecule has 0 amide bonds. The number of nitrogens with one attached hydrogen (secondary N) is 1. The van der Waals surface area contributed by atoms with Crippen molar-refractivity contribution in [3.8, 4) is 16.9 Å². The summed E-state index contributed by atoms with van der Waals surface area (Å²) in [4.78, 5) is 13.1. The number of anilines is 2. The van der Waals surface area contributed by atoms with Crippen LogP contribution in [0.15, 0.2) is 42.7 Å². The van der Waals surface area contributed by atoms with Gasteiger partial charge in [0, 0.05) is 41.8 Å². The first kappa shape index (κ1) is 20.7. The quantitative estimate of drug-likeness (QED) is 0.417. The SMILES string of the molecule is Cc1cc(-c2ccn3nc(Nc4cc(C)nc(C)n4)cc3c2)c(OCC(N)CN)cn1. The summed E-state index contributed by atoms with van der Waals surface area (Å²) in [6.45, 7) is 6.44. The van der Waals surface area contributed by atoms with Gasteiger partial charge in [-0.2, -0.15) is 5.10 Å². The molecule has 0 saturated heterocycles. The average molecular weight is 419 g/mol. The fourth-order valence-electron chi connectivity index (χ4n) is 3.29. The standard InChI is InChI=1S/C22H26N8O/c1-13-6-19(20(11-25-13)31-12-17(24)10-23)16-4-5-30-18(8-16)9-22(29-30)28-21-7-14(2)26-15(3)27-21/h4-9,11,17H,10,12,23-24H2,1-3H3,(H,26,27,28,29). The molecule has 0 fully saturated rings. The Labute approximate surface area is 180 Å². The van der Waals surface area contributed by atoms with Crippen LogP contribution in [0.5, 0.6) is 5.75 Å². The number of hydrogen-bond acceptors (Lipinski definition) is 8. The number of hydrogen-bond donors (Lipinski definition) is 3. The van der Waals surface area contributed by atoms with Crippen molar-refractivity contribution in [3.63, 3.8) is 0 Å². The van der Waals surface area contributed by atoms with Crippen LogP contribution in [0.2, 0.25) is 0 Å². The number of ether oxygens (including phenoxy) is 1. The van der Waals surface area contributed by atoms with Crippen molar-refractivity contribution in [2.24, 2.45) is 11.5 Å². The third-order valence-corrected chi connectivity index (χ3v) is 4.76. The van der Waals surface area contributed by atoms with Crippen molar-refractivity contribution in [2.75, 3.05) is 18.5 Å². The summed E-state index contributed by atoms with van der Waals surface area (Å²) in [6.07, 6.45) is 3.64. The monoisotopic (exact) mass is 418 g/mol. The largest absolute Gasteiger partial charge is 0.490 e. The molecule has 9 nitrogen and oxygen atoms in total. The van der Waals surface area contributed by atoms with Crippen LogP contribution in [-0.2, 0) is 0 Å². The van der Waals surface area contributed by atoms with Gasteiger partial charge in [0.1, 0.15) is 24.0 Å². The molecular weight excluding hydrogens is 392 g/mol. The molecule has 4 aromatic heterocycles. The smallest absolute Gasteiger partial charge is 0.154 e. The molecule has 4 heterocycles. The summed E-state index contributed by atoms with van der Waals surface area (Å²) in [7, 11) is 0. The van der Waals surface area contributed by atoms with Gasteiger partial charge >= 0.3 is 0 Å².